The Morgan fingerprint density at radius 3 is 2.54 bits per heavy atom. The van der Waals surface area contributed by atoms with E-state index < -0.39 is 0 Å². The third-order valence-corrected chi connectivity index (χ3v) is 2.35. The summed E-state index contributed by atoms with van der Waals surface area (Å²) in [6.45, 7) is 4.22. The van der Waals surface area contributed by atoms with Crippen LogP contribution in [0.5, 0.6) is 5.75 Å². The summed E-state index contributed by atoms with van der Waals surface area (Å²) in [5, 5.41) is 0. The first-order valence-electron chi connectivity index (χ1n) is 3.83. The lowest BCUT2D eigenvalue weighted by Crippen LogP contribution is -2.00. The van der Waals surface area contributed by atoms with Crippen molar-refractivity contribution in [2.75, 3.05) is 12.5 Å². The van der Waals surface area contributed by atoms with E-state index in [0.29, 0.717) is 12.5 Å². The highest BCUT2D eigenvalue weighted by molar-refractivity contribution is 9.10. The summed E-state index contributed by atoms with van der Waals surface area (Å²) in [5.41, 5.74) is 0.879. The molecule has 0 aromatic heterocycles. The molecule has 3 heteroatoms. The van der Waals surface area contributed by atoms with E-state index in [-0.39, 0.29) is 0 Å². The second kappa shape index (κ2) is 5.30. The third-order valence-electron chi connectivity index (χ3n) is 1.45. The number of hydrogen-bond acceptors (Lipinski definition) is 1. The van der Waals surface area contributed by atoms with E-state index in [4.69, 9.17) is 16.3 Å². The molecule has 0 aliphatic heterocycles. The van der Waals surface area contributed by atoms with Crippen molar-refractivity contribution in [1.82, 2.24) is 0 Å². The summed E-state index contributed by atoms with van der Waals surface area (Å²) < 4.78 is 6.45. The van der Waals surface area contributed by atoms with Gasteiger partial charge in [0.2, 0.25) is 0 Å². The summed E-state index contributed by atoms with van der Waals surface area (Å²) in [4.78, 5) is 0. The van der Waals surface area contributed by atoms with Crippen LogP contribution in [0.4, 0.5) is 0 Å². The van der Waals surface area contributed by atoms with E-state index in [2.05, 4.69) is 22.5 Å². The Bertz CT molecular complexity index is 281. The Morgan fingerprint density at radius 2 is 2.00 bits per heavy atom. The fourth-order valence-electron chi connectivity index (χ4n) is 0.755. The van der Waals surface area contributed by atoms with Crippen LogP contribution in [0.1, 0.15) is 0 Å². The Hall–Kier alpha value is -0.470. The zero-order valence-corrected chi connectivity index (χ0v) is 9.44. The monoisotopic (exact) mass is 260 g/mol. The molecule has 0 aliphatic carbocycles. The Balaban J connectivity index is 2.46. The number of ether oxygens (including phenoxy) is 1. The molecule has 13 heavy (non-hydrogen) atoms. The maximum absolute atomic E-state index is 5.56. The van der Waals surface area contributed by atoms with Crippen molar-refractivity contribution in [2.24, 2.45) is 0 Å². The lowest BCUT2D eigenvalue weighted by atomic mass is 10.3. The number of benzene rings is 1. The van der Waals surface area contributed by atoms with E-state index in [1.807, 2.05) is 24.3 Å². The highest BCUT2D eigenvalue weighted by Crippen LogP contribution is 2.16. The molecule has 0 N–H and O–H groups in total. The first-order chi connectivity index (χ1) is 6.22. The van der Waals surface area contributed by atoms with Gasteiger partial charge in [0.1, 0.15) is 12.4 Å². The van der Waals surface area contributed by atoms with Crippen LogP contribution in [0.15, 0.2) is 40.9 Å². The average Bonchev–Trinajstić information content (AvgIpc) is 2.16. The van der Waals surface area contributed by atoms with Crippen LogP contribution in [-0.4, -0.2) is 12.5 Å². The van der Waals surface area contributed by atoms with Crippen LogP contribution in [0, 0.1) is 0 Å². The second-order valence-corrected chi connectivity index (χ2v) is 3.81. The number of halogens is 2. The molecule has 0 bridgehead atoms. The zero-order chi connectivity index (χ0) is 9.68. The molecule has 0 saturated carbocycles. The van der Waals surface area contributed by atoms with Crippen LogP contribution in [-0.2, 0) is 0 Å². The van der Waals surface area contributed by atoms with Crippen molar-refractivity contribution < 1.29 is 4.74 Å². The van der Waals surface area contributed by atoms with Crippen molar-refractivity contribution in [2.45, 2.75) is 0 Å². The predicted octanol–water partition coefficient (Wildman–Crippen LogP) is 3.62. The molecule has 0 aliphatic rings. The van der Waals surface area contributed by atoms with Gasteiger partial charge in [-0.05, 0) is 29.8 Å². The van der Waals surface area contributed by atoms with Crippen LogP contribution in [0.2, 0.25) is 0 Å². The Labute approximate surface area is 91.5 Å². The van der Waals surface area contributed by atoms with Crippen molar-refractivity contribution in [1.29, 1.82) is 0 Å². The maximum Gasteiger partial charge on any atom is 0.119 e. The third kappa shape index (κ3) is 3.83. The zero-order valence-electron chi connectivity index (χ0n) is 7.09. The Kier molecular flexibility index (Phi) is 4.33. The average molecular weight is 262 g/mol. The number of alkyl halides is 1. The van der Waals surface area contributed by atoms with Crippen LogP contribution in [0.25, 0.3) is 0 Å². The van der Waals surface area contributed by atoms with Gasteiger partial charge in [0.25, 0.3) is 0 Å². The highest BCUT2D eigenvalue weighted by atomic mass is 79.9. The smallest absolute Gasteiger partial charge is 0.119 e. The van der Waals surface area contributed by atoms with Gasteiger partial charge in [0.15, 0.2) is 0 Å². The van der Waals surface area contributed by atoms with Gasteiger partial charge in [-0.15, -0.1) is 11.6 Å². The topological polar surface area (TPSA) is 9.23 Å². The van der Waals surface area contributed by atoms with Crippen LogP contribution >= 0.6 is 27.5 Å². The molecule has 1 nitrogen and oxygen atoms in total. The molecule has 0 atom stereocenters. The standard InChI is InChI=1S/C10H10BrClO/c1-8(6-12)7-13-10-4-2-9(11)3-5-10/h2-5H,1,6-7H2. The summed E-state index contributed by atoms with van der Waals surface area (Å²) >= 11 is 8.90. The minimum Gasteiger partial charge on any atom is -0.489 e. The van der Waals surface area contributed by atoms with Gasteiger partial charge in [-0.2, -0.15) is 0 Å². The maximum atomic E-state index is 5.56. The Morgan fingerprint density at radius 1 is 1.38 bits per heavy atom. The molecule has 0 unspecified atom stereocenters. The largest absolute Gasteiger partial charge is 0.489 e. The second-order valence-electron chi connectivity index (χ2n) is 2.63. The molecule has 1 aromatic carbocycles. The lowest BCUT2D eigenvalue weighted by molar-refractivity contribution is 0.353. The quantitative estimate of drug-likeness (QED) is 0.594. The van der Waals surface area contributed by atoms with Gasteiger partial charge in [-0.3, -0.25) is 0 Å². The minimum absolute atomic E-state index is 0.441. The highest BCUT2D eigenvalue weighted by Gasteiger charge is 1.95. The molecular formula is C10H10BrClO. The van der Waals surface area contributed by atoms with Gasteiger partial charge in [0, 0.05) is 10.4 Å². The van der Waals surface area contributed by atoms with Gasteiger partial charge in [-0.25, -0.2) is 0 Å². The molecule has 70 valence electrons. The molecule has 0 spiro atoms. The minimum atomic E-state index is 0.441. The summed E-state index contributed by atoms with van der Waals surface area (Å²) in [5.74, 6) is 1.27. The van der Waals surface area contributed by atoms with Gasteiger partial charge < -0.3 is 4.74 Å². The molecule has 1 rings (SSSR count). The predicted molar refractivity (Wildman–Crippen MR) is 59.5 cm³/mol. The van der Waals surface area contributed by atoms with E-state index in [0.717, 1.165) is 15.8 Å². The summed E-state index contributed by atoms with van der Waals surface area (Å²) in [7, 11) is 0. The van der Waals surface area contributed by atoms with Crippen molar-refractivity contribution in [3.05, 3.63) is 40.9 Å². The fourth-order valence-corrected chi connectivity index (χ4v) is 1.10. The van der Waals surface area contributed by atoms with Crippen molar-refractivity contribution >= 4 is 27.5 Å². The molecular weight excluding hydrogens is 251 g/mol. The number of hydrogen-bond donors (Lipinski definition) is 0. The molecule has 0 fully saturated rings. The van der Waals surface area contributed by atoms with Crippen molar-refractivity contribution in [3.63, 3.8) is 0 Å². The van der Waals surface area contributed by atoms with Gasteiger partial charge >= 0.3 is 0 Å². The van der Waals surface area contributed by atoms with Crippen molar-refractivity contribution in [3.8, 4) is 5.75 Å². The summed E-state index contributed by atoms with van der Waals surface area (Å²) in [6, 6.07) is 7.65. The number of rotatable bonds is 4. The normalized spacial score (nSPS) is 9.69. The lowest BCUT2D eigenvalue weighted by Gasteiger charge is -2.05. The SMILES string of the molecule is C=C(CCl)COc1ccc(Br)cc1. The molecule has 0 heterocycles. The molecule has 0 saturated heterocycles. The van der Waals surface area contributed by atoms with Gasteiger partial charge in [-0.1, -0.05) is 22.5 Å². The molecule has 0 radical (unpaired) electrons. The fraction of sp³-hybridized carbons (Fsp3) is 0.200. The first-order valence-corrected chi connectivity index (χ1v) is 5.16. The van der Waals surface area contributed by atoms with E-state index in [1.165, 1.54) is 0 Å². The van der Waals surface area contributed by atoms with E-state index >= 15 is 0 Å². The van der Waals surface area contributed by atoms with E-state index in [1.54, 1.807) is 0 Å². The van der Waals surface area contributed by atoms with Gasteiger partial charge in [0.05, 0.1) is 0 Å². The molecule has 0 amide bonds. The summed E-state index contributed by atoms with van der Waals surface area (Å²) in [6.07, 6.45) is 0. The van der Waals surface area contributed by atoms with E-state index in [9.17, 15) is 0 Å². The first kappa shape index (κ1) is 10.6. The van der Waals surface area contributed by atoms with Crippen LogP contribution < -0.4 is 4.74 Å². The molecule has 1 aromatic rings. The van der Waals surface area contributed by atoms with Crippen LogP contribution in [0.3, 0.4) is 0 Å².